The Bertz CT molecular complexity index is 1030. The molecule has 0 saturated carbocycles. The summed E-state index contributed by atoms with van der Waals surface area (Å²) in [5, 5.41) is 4.75. The van der Waals surface area contributed by atoms with Gasteiger partial charge in [0.2, 0.25) is 5.95 Å². The summed E-state index contributed by atoms with van der Waals surface area (Å²) in [4.78, 5) is 13.4. The number of aromatic amines is 1. The van der Waals surface area contributed by atoms with E-state index >= 15 is 0 Å². The zero-order valence-corrected chi connectivity index (χ0v) is 14.1. The van der Waals surface area contributed by atoms with Crippen LogP contribution in [0.4, 0.5) is 32.0 Å². The number of halogens is 6. The molecule has 0 saturated heterocycles. The van der Waals surface area contributed by atoms with E-state index < -0.39 is 47.0 Å². The Morgan fingerprint density at radius 1 is 1.07 bits per heavy atom. The van der Waals surface area contributed by atoms with Crippen LogP contribution in [0.15, 0.2) is 36.4 Å². The first kappa shape index (κ1) is 19.5. The number of H-pyrrole nitrogens is 1. The number of amides is 1. The molecular formula is C18H11F6N3O. The minimum absolute atomic E-state index is 0.0266. The molecule has 146 valence electrons. The van der Waals surface area contributed by atoms with E-state index in [9.17, 15) is 31.1 Å². The molecule has 0 bridgehead atoms. The Kier molecular flexibility index (Phi) is 5.12. The molecule has 28 heavy (non-hydrogen) atoms. The summed E-state index contributed by atoms with van der Waals surface area (Å²) in [7, 11) is 1.17. The number of alkyl halides is 2. The summed E-state index contributed by atoms with van der Waals surface area (Å²) in [6.45, 7) is 0. The predicted molar refractivity (Wildman–Crippen MR) is 88.0 cm³/mol. The Morgan fingerprint density at radius 3 is 2.29 bits per heavy atom. The van der Waals surface area contributed by atoms with Gasteiger partial charge < -0.3 is 4.90 Å². The maximum Gasteiger partial charge on any atom is 0.280 e. The van der Waals surface area contributed by atoms with Crippen molar-refractivity contribution in [2.75, 3.05) is 11.9 Å². The van der Waals surface area contributed by atoms with Gasteiger partial charge in [0.25, 0.3) is 12.3 Å². The molecule has 10 heteroatoms. The van der Waals surface area contributed by atoms with Gasteiger partial charge in [-0.05, 0) is 23.8 Å². The van der Waals surface area contributed by atoms with Gasteiger partial charge in [-0.25, -0.2) is 22.0 Å². The Morgan fingerprint density at radius 2 is 1.68 bits per heavy atom. The normalized spacial score (nSPS) is 11.1. The number of anilines is 1. The minimum atomic E-state index is -3.18. The van der Waals surface area contributed by atoms with E-state index in [-0.39, 0.29) is 16.8 Å². The van der Waals surface area contributed by atoms with Crippen LogP contribution >= 0.6 is 0 Å². The first-order valence-electron chi connectivity index (χ1n) is 7.76. The highest BCUT2D eigenvalue weighted by atomic mass is 19.3. The Balaban J connectivity index is 2.09. The molecule has 0 aliphatic carbocycles. The highest BCUT2D eigenvalue weighted by Gasteiger charge is 2.29. The lowest BCUT2D eigenvalue weighted by atomic mass is 10.0. The lowest BCUT2D eigenvalue weighted by molar-refractivity contribution is 0.0973. The van der Waals surface area contributed by atoms with Gasteiger partial charge >= 0.3 is 0 Å². The molecule has 1 aromatic heterocycles. The average molecular weight is 399 g/mol. The lowest BCUT2D eigenvalue weighted by Crippen LogP contribution is -2.28. The van der Waals surface area contributed by atoms with Crippen LogP contribution in [0.3, 0.4) is 0 Å². The van der Waals surface area contributed by atoms with E-state index in [2.05, 4.69) is 5.10 Å². The third-order valence-electron chi connectivity index (χ3n) is 4.05. The maximum absolute atomic E-state index is 13.8. The van der Waals surface area contributed by atoms with Crippen LogP contribution in [0.25, 0.3) is 11.1 Å². The fraction of sp³-hybridized carbons (Fsp3) is 0.111. The van der Waals surface area contributed by atoms with E-state index in [0.29, 0.717) is 0 Å². The summed E-state index contributed by atoms with van der Waals surface area (Å²) in [5.74, 6) is -7.12. The quantitative estimate of drug-likeness (QED) is 0.504. The van der Waals surface area contributed by atoms with Crippen molar-refractivity contribution in [3.8, 4) is 11.1 Å². The predicted octanol–water partition coefficient (Wildman–Crippen LogP) is 4.85. The number of hydrogen-bond acceptors (Lipinski definition) is 2. The summed E-state index contributed by atoms with van der Waals surface area (Å²) < 4.78 is 80.2. The molecule has 1 N–H and O–H groups in total. The first-order chi connectivity index (χ1) is 13.2. The molecule has 3 rings (SSSR count). The number of carbonyl (C=O) groups is 1. The van der Waals surface area contributed by atoms with Gasteiger partial charge in [0.1, 0.15) is 11.3 Å². The molecular weight excluding hydrogens is 388 g/mol. The van der Waals surface area contributed by atoms with Crippen molar-refractivity contribution < 1.29 is 31.1 Å². The van der Waals surface area contributed by atoms with E-state index in [4.69, 9.17) is 0 Å². The number of carbonyl (C=O) groups excluding carboxylic acids is 1. The number of benzene rings is 2. The summed E-state index contributed by atoms with van der Waals surface area (Å²) >= 11 is 0. The van der Waals surface area contributed by atoms with E-state index in [0.717, 1.165) is 17.0 Å². The lowest BCUT2D eigenvalue weighted by Gasteiger charge is -2.21. The van der Waals surface area contributed by atoms with Crippen molar-refractivity contribution >= 4 is 11.6 Å². The maximum atomic E-state index is 13.8. The largest absolute Gasteiger partial charge is 0.311 e. The van der Waals surface area contributed by atoms with Crippen LogP contribution in [-0.2, 0) is 0 Å². The molecule has 0 aliphatic heterocycles. The highest BCUT2D eigenvalue weighted by Crippen LogP contribution is 2.33. The van der Waals surface area contributed by atoms with Crippen LogP contribution in [-0.4, -0.2) is 23.2 Å². The molecule has 0 atom stereocenters. The zero-order chi connectivity index (χ0) is 20.6. The number of para-hydroxylation sites is 1. The fourth-order valence-corrected chi connectivity index (χ4v) is 2.69. The van der Waals surface area contributed by atoms with Crippen molar-refractivity contribution in [1.29, 1.82) is 0 Å². The van der Waals surface area contributed by atoms with Gasteiger partial charge in [-0.3, -0.25) is 9.89 Å². The number of nitrogens with one attached hydrogen (secondary N) is 1. The van der Waals surface area contributed by atoms with Crippen LogP contribution in [0.1, 0.15) is 22.5 Å². The van der Waals surface area contributed by atoms with Gasteiger partial charge in [0.05, 0.1) is 5.69 Å². The van der Waals surface area contributed by atoms with E-state index in [1.165, 1.54) is 31.3 Å². The van der Waals surface area contributed by atoms with Crippen molar-refractivity contribution in [2.24, 2.45) is 0 Å². The molecule has 2 aromatic carbocycles. The number of aromatic nitrogens is 2. The van der Waals surface area contributed by atoms with Gasteiger partial charge in [0, 0.05) is 12.6 Å². The van der Waals surface area contributed by atoms with Crippen molar-refractivity contribution in [3.63, 3.8) is 0 Å². The third kappa shape index (κ3) is 3.32. The smallest absolute Gasteiger partial charge is 0.280 e. The second-order valence-corrected chi connectivity index (χ2v) is 5.74. The van der Waals surface area contributed by atoms with Crippen LogP contribution < -0.4 is 4.90 Å². The molecule has 0 fully saturated rings. The molecule has 1 heterocycles. The number of hydrogen-bond donors (Lipinski definition) is 1. The highest BCUT2D eigenvalue weighted by molar-refractivity contribution is 6.08. The second-order valence-electron chi connectivity index (χ2n) is 5.74. The average Bonchev–Trinajstić information content (AvgIpc) is 3.06. The van der Waals surface area contributed by atoms with Crippen molar-refractivity contribution in [2.45, 2.75) is 6.43 Å². The molecule has 0 aliphatic rings. The van der Waals surface area contributed by atoms with Gasteiger partial charge in [-0.2, -0.15) is 4.39 Å². The first-order valence-corrected chi connectivity index (χ1v) is 7.76. The second kappa shape index (κ2) is 7.37. The van der Waals surface area contributed by atoms with Crippen molar-refractivity contribution in [3.05, 3.63) is 71.1 Å². The minimum Gasteiger partial charge on any atom is -0.311 e. The van der Waals surface area contributed by atoms with Crippen LogP contribution in [0.5, 0.6) is 0 Å². The number of nitrogens with zero attached hydrogens (tertiary/aromatic N) is 2. The molecule has 0 spiro atoms. The third-order valence-corrected chi connectivity index (χ3v) is 4.05. The Hall–Kier alpha value is -3.30. The number of rotatable bonds is 4. The zero-order valence-electron chi connectivity index (χ0n) is 14.1. The summed E-state index contributed by atoms with van der Waals surface area (Å²) in [6, 6.07) is 7.13. The summed E-state index contributed by atoms with van der Waals surface area (Å²) in [6.07, 6.45) is -3.18. The molecule has 4 nitrogen and oxygen atoms in total. The standard InChI is InChI=1S/C18H11F6N3O/c1-27(18(28)13-15(16(22)23)25-26-17(13)24)12-5-3-2-4-9(12)8-6-10(19)14(21)11(20)7-8/h2-7,16H,1H3,(H,25,26). The van der Waals surface area contributed by atoms with Gasteiger partial charge in [0.15, 0.2) is 17.5 Å². The topological polar surface area (TPSA) is 49.0 Å². The monoisotopic (exact) mass is 399 g/mol. The van der Waals surface area contributed by atoms with Gasteiger partial charge in [-0.1, -0.05) is 18.2 Å². The fourth-order valence-electron chi connectivity index (χ4n) is 2.69. The summed E-state index contributed by atoms with van der Waals surface area (Å²) in [5.41, 5.74) is -1.93. The van der Waals surface area contributed by atoms with Crippen LogP contribution in [0.2, 0.25) is 0 Å². The van der Waals surface area contributed by atoms with Crippen LogP contribution in [0, 0.1) is 23.4 Å². The van der Waals surface area contributed by atoms with E-state index in [1.54, 1.807) is 5.10 Å². The van der Waals surface area contributed by atoms with Crippen molar-refractivity contribution in [1.82, 2.24) is 10.2 Å². The molecule has 3 aromatic rings. The van der Waals surface area contributed by atoms with Gasteiger partial charge in [-0.15, -0.1) is 5.10 Å². The Labute approximate surface area is 154 Å². The SMILES string of the molecule is CN(C(=O)c1c(F)n[nH]c1C(F)F)c1ccccc1-c1cc(F)c(F)c(F)c1. The molecule has 1 amide bonds. The van der Waals surface area contributed by atoms with E-state index in [1.807, 2.05) is 0 Å². The molecule has 0 unspecified atom stereocenters. The molecule has 0 radical (unpaired) electrons.